The molecule has 0 saturated carbocycles. The summed E-state index contributed by atoms with van der Waals surface area (Å²) in [6.45, 7) is 6.52. The van der Waals surface area contributed by atoms with E-state index in [1.165, 1.54) is 29.7 Å². The van der Waals surface area contributed by atoms with Gasteiger partial charge in [-0.3, -0.25) is 0 Å². The molecule has 0 aliphatic carbocycles. The maximum atomic E-state index is 10.7. The molecule has 20 heavy (non-hydrogen) atoms. The molecule has 0 saturated heterocycles. The van der Waals surface area contributed by atoms with E-state index in [0.717, 1.165) is 4.90 Å². The molecule has 0 fully saturated rings. The predicted molar refractivity (Wildman–Crippen MR) is 78.3 cm³/mol. The highest BCUT2D eigenvalue weighted by Crippen LogP contribution is 2.28. The van der Waals surface area contributed by atoms with Crippen molar-refractivity contribution in [3.63, 3.8) is 0 Å². The number of hydrogen-bond donors (Lipinski definition) is 1. The van der Waals surface area contributed by atoms with Crippen molar-refractivity contribution in [1.29, 1.82) is 0 Å². The molecular weight excluding hydrogens is 272 g/mol. The zero-order chi connectivity index (χ0) is 14.8. The lowest BCUT2D eigenvalue weighted by Crippen LogP contribution is -2.10. The second-order valence-corrected chi connectivity index (χ2v) is 6.52. The van der Waals surface area contributed by atoms with E-state index in [1.54, 1.807) is 0 Å². The van der Waals surface area contributed by atoms with E-state index in [4.69, 9.17) is 5.11 Å². The standard InChI is InChI=1S/C15H16N2O2S/c1-15(2,3)10-4-6-11(7-5-10)20-13-9-16-12(8-17-13)14(18)19/h4-9H,1-3H3,(H,18,19). The zero-order valence-electron chi connectivity index (χ0n) is 11.6. The van der Waals surface area contributed by atoms with Crippen LogP contribution >= 0.6 is 11.8 Å². The summed E-state index contributed by atoms with van der Waals surface area (Å²) in [5.41, 5.74) is 1.36. The fourth-order valence-electron chi connectivity index (χ4n) is 1.62. The van der Waals surface area contributed by atoms with E-state index in [9.17, 15) is 4.79 Å². The van der Waals surface area contributed by atoms with Crippen molar-refractivity contribution in [2.45, 2.75) is 36.1 Å². The lowest BCUT2D eigenvalue weighted by Gasteiger charge is -2.18. The van der Waals surface area contributed by atoms with Crippen molar-refractivity contribution in [3.05, 3.63) is 47.9 Å². The number of carbonyl (C=O) groups is 1. The van der Waals surface area contributed by atoms with E-state index in [-0.39, 0.29) is 11.1 Å². The molecule has 1 N–H and O–H groups in total. The Labute approximate surface area is 122 Å². The molecule has 5 heteroatoms. The first-order valence-corrected chi connectivity index (χ1v) is 7.01. The Morgan fingerprint density at radius 3 is 2.20 bits per heavy atom. The quantitative estimate of drug-likeness (QED) is 0.934. The molecule has 0 bridgehead atoms. The average molecular weight is 288 g/mol. The van der Waals surface area contributed by atoms with Crippen LogP contribution in [-0.4, -0.2) is 21.0 Å². The van der Waals surface area contributed by atoms with Gasteiger partial charge in [0.15, 0.2) is 5.69 Å². The van der Waals surface area contributed by atoms with E-state index < -0.39 is 5.97 Å². The third-order valence-corrected chi connectivity index (χ3v) is 3.72. The third-order valence-electron chi connectivity index (χ3n) is 2.79. The largest absolute Gasteiger partial charge is 0.476 e. The Bertz CT molecular complexity index is 601. The van der Waals surface area contributed by atoms with E-state index in [0.29, 0.717) is 5.03 Å². The molecule has 0 aliphatic heterocycles. The van der Waals surface area contributed by atoms with Crippen molar-refractivity contribution in [1.82, 2.24) is 9.97 Å². The van der Waals surface area contributed by atoms with Crippen LogP contribution in [0.2, 0.25) is 0 Å². The number of aromatic carboxylic acids is 1. The summed E-state index contributed by atoms with van der Waals surface area (Å²) in [6.07, 6.45) is 2.75. The molecule has 1 aromatic carbocycles. The summed E-state index contributed by atoms with van der Waals surface area (Å²) in [5.74, 6) is -1.07. The molecule has 2 aromatic rings. The minimum Gasteiger partial charge on any atom is -0.476 e. The van der Waals surface area contributed by atoms with Crippen molar-refractivity contribution in [2.24, 2.45) is 0 Å². The number of aromatic nitrogens is 2. The summed E-state index contributed by atoms with van der Waals surface area (Å²) in [5, 5.41) is 9.44. The molecule has 0 unspecified atom stereocenters. The molecule has 0 radical (unpaired) electrons. The van der Waals surface area contributed by atoms with E-state index in [1.807, 2.05) is 12.1 Å². The Morgan fingerprint density at radius 1 is 1.10 bits per heavy atom. The summed E-state index contributed by atoms with van der Waals surface area (Å²) >= 11 is 1.46. The molecule has 4 nitrogen and oxygen atoms in total. The van der Waals surface area contributed by atoms with Gasteiger partial charge in [0.25, 0.3) is 0 Å². The number of carboxylic acid groups (broad SMARTS) is 1. The number of carboxylic acids is 1. The first kappa shape index (κ1) is 14.5. The molecule has 104 valence electrons. The number of nitrogens with zero attached hydrogens (tertiary/aromatic N) is 2. The highest BCUT2D eigenvalue weighted by atomic mass is 32.2. The van der Waals surface area contributed by atoms with Crippen LogP contribution < -0.4 is 0 Å². The van der Waals surface area contributed by atoms with Gasteiger partial charge < -0.3 is 5.11 Å². The lowest BCUT2D eigenvalue weighted by atomic mass is 9.87. The van der Waals surface area contributed by atoms with Gasteiger partial charge in [-0.25, -0.2) is 14.8 Å². The third kappa shape index (κ3) is 3.57. The Kier molecular flexibility index (Phi) is 4.09. The number of benzene rings is 1. The fraction of sp³-hybridized carbons (Fsp3) is 0.267. The molecule has 0 amide bonds. The predicted octanol–water partition coefficient (Wildman–Crippen LogP) is 3.62. The highest BCUT2D eigenvalue weighted by Gasteiger charge is 2.13. The second-order valence-electron chi connectivity index (χ2n) is 5.42. The minimum absolute atomic E-state index is 0.0440. The summed E-state index contributed by atoms with van der Waals surface area (Å²) in [7, 11) is 0. The monoisotopic (exact) mass is 288 g/mol. The maximum Gasteiger partial charge on any atom is 0.356 e. The van der Waals surface area contributed by atoms with Crippen LogP contribution in [-0.2, 0) is 5.41 Å². The van der Waals surface area contributed by atoms with Gasteiger partial charge in [-0.15, -0.1) is 0 Å². The molecule has 2 rings (SSSR count). The van der Waals surface area contributed by atoms with Crippen molar-refractivity contribution >= 4 is 17.7 Å². The topological polar surface area (TPSA) is 63.1 Å². The molecule has 1 heterocycles. The normalized spacial score (nSPS) is 11.3. The molecule has 0 aliphatic rings. The minimum atomic E-state index is -1.07. The van der Waals surface area contributed by atoms with Gasteiger partial charge in [-0.2, -0.15) is 0 Å². The maximum absolute atomic E-state index is 10.7. The van der Waals surface area contributed by atoms with Gasteiger partial charge in [0.05, 0.1) is 12.4 Å². The summed E-state index contributed by atoms with van der Waals surface area (Å²) in [6, 6.07) is 8.28. The van der Waals surface area contributed by atoms with Gasteiger partial charge in [0.2, 0.25) is 0 Å². The first-order chi connectivity index (χ1) is 9.36. The Balaban J connectivity index is 2.12. The molecule has 0 spiro atoms. The van der Waals surface area contributed by atoms with Gasteiger partial charge in [-0.1, -0.05) is 44.7 Å². The first-order valence-electron chi connectivity index (χ1n) is 6.20. The molecule has 1 aromatic heterocycles. The van der Waals surface area contributed by atoms with Crippen LogP contribution in [0.15, 0.2) is 46.6 Å². The van der Waals surface area contributed by atoms with Crippen LogP contribution in [0.4, 0.5) is 0 Å². The number of rotatable bonds is 3. The Hall–Kier alpha value is -1.88. The number of hydrogen-bond acceptors (Lipinski definition) is 4. The van der Waals surface area contributed by atoms with E-state index >= 15 is 0 Å². The lowest BCUT2D eigenvalue weighted by molar-refractivity contribution is 0.0689. The van der Waals surface area contributed by atoms with Gasteiger partial charge in [-0.05, 0) is 23.1 Å². The summed E-state index contributed by atoms with van der Waals surface area (Å²) < 4.78 is 0. The van der Waals surface area contributed by atoms with Gasteiger partial charge in [0.1, 0.15) is 5.03 Å². The molecule has 0 atom stereocenters. The van der Waals surface area contributed by atoms with E-state index in [2.05, 4.69) is 42.9 Å². The molecular formula is C15H16N2O2S. The van der Waals surface area contributed by atoms with Crippen molar-refractivity contribution in [2.75, 3.05) is 0 Å². The fourth-order valence-corrected chi connectivity index (χ4v) is 2.35. The van der Waals surface area contributed by atoms with Crippen LogP contribution in [0.25, 0.3) is 0 Å². The van der Waals surface area contributed by atoms with Crippen molar-refractivity contribution in [3.8, 4) is 0 Å². The van der Waals surface area contributed by atoms with Gasteiger partial charge >= 0.3 is 5.97 Å². The van der Waals surface area contributed by atoms with Crippen LogP contribution in [0.3, 0.4) is 0 Å². The van der Waals surface area contributed by atoms with Crippen molar-refractivity contribution < 1.29 is 9.90 Å². The van der Waals surface area contributed by atoms with Crippen LogP contribution in [0, 0.1) is 0 Å². The average Bonchev–Trinajstić information content (AvgIpc) is 2.39. The highest BCUT2D eigenvalue weighted by molar-refractivity contribution is 7.99. The SMILES string of the molecule is CC(C)(C)c1ccc(Sc2cnc(C(=O)O)cn2)cc1. The van der Waals surface area contributed by atoms with Crippen LogP contribution in [0.5, 0.6) is 0 Å². The van der Waals surface area contributed by atoms with Gasteiger partial charge in [0, 0.05) is 4.90 Å². The Morgan fingerprint density at radius 2 is 1.75 bits per heavy atom. The second kappa shape index (κ2) is 5.63. The van der Waals surface area contributed by atoms with Crippen LogP contribution in [0.1, 0.15) is 36.8 Å². The summed E-state index contributed by atoms with van der Waals surface area (Å²) in [4.78, 5) is 19.7. The smallest absolute Gasteiger partial charge is 0.356 e. The zero-order valence-corrected chi connectivity index (χ0v) is 12.4.